The van der Waals surface area contributed by atoms with E-state index in [2.05, 4.69) is 10.3 Å². The van der Waals surface area contributed by atoms with Gasteiger partial charge in [0.1, 0.15) is 5.82 Å². The Morgan fingerprint density at radius 3 is 2.86 bits per heavy atom. The molecule has 0 aliphatic heterocycles. The number of aromatic carboxylic acids is 1. The van der Waals surface area contributed by atoms with Crippen molar-refractivity contribution in [1.82, 2.24) is 4.98 Å². The molecule has 0 radical (unpaired) electrons. The lowest BCUT2D eigenvalue weighted by Crippen LogP contribution is -2.07. The lowest BCUT2D eigenvalue weighted by Gasteiger charge is -2.10. The maximum absolute atomic E-state index is 11.1. The molecule has 2 rings (SSSR count). The molecular weight excluding hydrogens is 268 g/mol. The zero-order valence-corrected chi connectivity index (χ0v) is 12.0. The van der Waals surface area contributed by atoms with E-state index in [-0.39, 0.29) is 12.2 Å². The maximum Gasteiger partial charge on any atom is 0.336 e. The lowest BCUT2D eigenvalue weighted by atomic mass is 10.1. The molecule has 1 unspecified atom stereocenters. The van der Waals surface area contributed by atoms with Gasteiger partial charge in [0.2, 0.25) is 0 Å². The van der Waals surface area contributed by atoms with Crippen molar-refractivity contribution in [2.45, 2.75) is 19.8 Å². The quantitative estimate of drug-likeness (QED) is 0.682. The van der Waals surface area contributed by atoms with Gasteiger partial charge in [-0.15, -0.1) is 0 Å². The minimum Gasteiger partial charge on any atom is -0.478 e. The molecule has 5 nitrogen and oxygen atoms in total. The molecule has 0 saturated heterocycles. The monoisotopic (exact) mass is 288 g/mol. The van der Waals surface area contributed by atoms with E-state index >= 15 is 0 Å². The molecule has 0 amide bonds. The van der Waals surface area contributed by atoms with Crippen LogP contribution < -0.4 is 5.32 Å². The second-order valence-corrected chi connectivity index (χ2v) is 5.23. The molecule has 1 aromatic heterocycles. The third-order valence-corrected chi connectivity index (χ3v) is 3.45. The minimum atomic E-state index is -0.943. The molecule has 1 atom stereocenters. The maximum atomic E-state index is 11.1. The number of hydrogen-bond donors (Lipinski definition) is 3. The Kier molecular flexibility index (Phi) is 5.11. The van der Waals surface area contributed by atoms with Crippen LogP contribution in [0.2, 0.25) is 0 Å². The number of pyridine rings is 1. The van der Waals surface area contributed by atoms with E-state index in [1.54, 1.807) is 30.3 Å². The van der Waals surface area contributed by atoms with Gasteiger partial charge >= 0.3 is 5.97 Å². The highest BCUT2D eigenvalue weighted by molar-refractivity contribution is 6.02. The standard InChI is InChI=1S/C16H20N2O3/c1-11(10-19)4-3-9-17-15-8-7-12-13(16(20)21)5-2-6-14(12)18-15/h2,5-8,11,19H,3-4,9-10H2,1H3,(H,17,18)(H,20,21). The first kappa shape index (κ1) is 15.3. The van der Waals surface area contributed by atoms with Gasteiger partial charge in [0.25, 0.3) is 0 Å². The molecule has 112 valence electrons. The van der Waals surface area contributed by atoms with E-state index in [0.717, 1.165) is 25.2 Å². The van der Waals surface area contributed by atoms with Crippen LogP contribution in [-0.2, 0) is 0 Å². The van der Waals surface area contributed by atoms with Crippen LogP contribution in [0.1, 0.15) is 30.1 Å². The number of nitrogens with zero attached hydrogens (tertiary/aromatic N) is 1. The predicted molar refractivity (Wildman–Crippen MR) is 82.7 cm³/mol. The molecule has 1 aromatic carbocycles. The number of anilines is 1. The SMILES string of the molecule is CC(CO)CCCNc1ccc2c(C(=O)O)cccc2n1. The van der Waals surface area contributed by atoms with Crippen LogP contribution in [0.5, 0.6) is 0 Å². The summed E-state index contributed by atoms with van der Waals surface area (Å²) in [5.41, 5.74) is 0.937. The van der Waals surface area contributed by atoms with Crippen LogP contribution in [0.25, 0.3) is 10.9 Å². The predicted octanol–water partition coefficient (Wildman–Crippen LogP) is 2.75. The van der Waals surface area contributed by atoms with Crippen molar-refractivity contribution < 1.29 is 15.0 Å². The van der Waals surface area contributed by atoms with Crippen molar-refractivity contribution in [2.75, 3.05) is 18.5 Å². The van der Waals surface area contributed by atoms with Crippen molar-refractivity contribution >= 4 is 22.7 Å². The van der Waals surface area contributed by atoms with Gasteiger partial charge in [-0.2, -0.15) is 0 Å². The lowest BCUT2D eigenvalue weighted by molar-refractivity contribution is 0.0699. The van der Waals surface area contributed by atoms with Gasteiger partial charge in [0, 0.05) is 18.5 Å². The van der Waals surface area contributed by atoms with Crippen molar-refractivity contribution in [1.29, 1.82) is 0 Å². The summed E-state index contributed by atoms with van der Waals surface area (Å²) in [6.45, 7) is 3.01. The van der Waals surface area contributed by atoms with Gasteiger partial charge in [-0.1, -0.05) is 13.0 Å². The average Bonchev–Trinajstić information content (AvgIpc) is 2.50. The molecule has 3 N–H and O–H groups in total. The number of hydrogen-bond acceptors (Lipinski definition) is 4. The first-order chi connectivity index (χ1) is 10.1. The van der Waals surface area contributed by atoms with E-state index in [1.165, 1.54) is 0 Å². The fourth-order valence-electron chi connectivity index (χ4n) is 2.20. The molecule has 21 heavy (non-hydrogen) atoms. The molecule has 5 heteroatoms. The highest BCUT2D eigenvalue weighted by Crippen LogP contribution is 2.19. The minimum absolute atomic E-state index is 0.214. The fourth-order valence-corrected chi connectivity index (χ4v) is 2.20. The summed E-state index contributed by atoms with van der Waals surface area (Å²) in [6, 6.07) is 8.66. The van der Waals surface area contributed by atoms with E-state index in [0.29, 0.717) is 16.8 Å². The van der Waals surface area contributed by atoms with Gasteiger partial charge in [-0.25, -0.2) is 9.78 Å². The van der Waals surface area contributed by atoms with Gasteiger partial charge in [-0.05, 0) is 43.0 Å². The Balaban J connectivity index is 2.04. The normalized spacial score (nSPS) is 12.3. The van der Waals surface area contributed by atoms with Crippen LogP contribution in [0.3, 0.4) is 0 Å². The molecule has 0 aliphatic rings. The molecule has 1 heterocycles. The van der Waals surface area contributed by atoms with Gasteiger partial charge < -0.3 is 15.5 Å². The van der Waals surface area contributed by atoms with Crippen LogP contribution in [-0.4, -0.2) is 34.3 Å². The molecule has 0 aliphatic carbocycles. The van der Waals surface area contributed by atoms with Crippen LogP contribution >= 0.6 is 0 Å². The number of carboxylic acid groups (broad SMARTS) is 1. The second-order valence-electron chi connectivity index (χ2n) is 5.23. The molecule has 0 fully saturated rings. The van der Waals surface area contributed by atoms with Gasteiger partial charge in [-0.3, -0.25) is 0 Å². The van der Waals surface area contributed by atoms with Crippen LogP contribution in [0, 0.1) is 5.92 Å². The summed E-state index contributed by atoms with van der Waals surface area (Å²) >= 11 is 0. The number of aromatic nitrogens is 1. The molecule has 0 spiro atoms. The third-order valence-electron chi connectivity index (χ3n) is 3.45. The smallest absolute Gasteiger partial charge is 0.336 e. The largest absolute Gasteiger partial charge is 0.478 e. The summed E-state index contributed by atoms with van der Waals surface area (Å²) in [7, 11) is 0. The molecule has 2 aromatic rings. The van der Waals surface area contributed by atoms with E-state index in [9.17, 15) is 4.79 Å². The number of carbonyl (C=O) groups is 1. The van der Waals surface area contributed by atoms with E-state index < -0.39 is 5.97 Å². The Labute approximate surface area is 123 Å². The van der Waals surface area contributed by atoms with E-state index in [4.69, 9.17) is 10.2 Å². The number of rotatable bonds is 7. The van der Waals surface area contributed by atoms with Gasteiger partial charge in [0.15, 0.2) is 0 Å². The highest BCUT2D eigenvalue weighted by atomic mass is 16.4. The third kappa shape index (κ3) is 3.92. The average molecular weight is 288 g/mol. The summed E-state index contributed by atoms with van der Waals surface area (Å²) in [6.07, 6.45) is 1.91. The number of nitrogens with one attached hydrogen (secondary N) is 1. The zero-order chi connectivity index (χ0) is 15.2. The van der Waals surface area contributed by atoms with Crippen molar-refractivity contribution in [3.63, 3.8) is 0 Å². The number of aliphatic hydroxyl groups is 1. The summed E-state index contributed by atoms with van der Waals surface area (Å²) in [4.78, 5) is 15.6. The first-order valence-corrected chi connectivity index (χ1v) is 7.09. The zero-order valence-electron chi connectivity index (χ0n) is 12.0. The summed E-state index contributed by atoms with van der Waals surface area (Å²) in [5, 5.41) is 22.0. The second kappa shape index (κ2) is 7.04. The molecule has 0 bridgehead atoms. The number of benzene rings is 1. The van der Waals surface area contributed by atoms with Crippen molar-refractivity contribution in [3.8, 4) is 0 Å². The summed E-state index contributed by atoms with van der Waals surface area (Å²) in [5.74, 6) is 0.109. The van der Waals surface area contributed by atoms with Crippen LogP contribution in [0.4, 0.5) is 5.82 Å². The highest BCUT2D eigenvalue weighted by Gasteiger charge is 2.09. The fraction of sp³-hybridized carbons (Fsp3) is 0.375. The van der Waals surface area contributed by atoms with Gasteiger partial charge in [0.05, 0.1) is 11.1 Å². The topological polar surface area (TPSA) is 82.5 Å². The Hall–Kier alpha value is -2.14. The van der Waals surface area contributed by atoms with Crippen molar-refractivity contribution in [2.24, 2.45) is 5.92 Å². The molecule has 0 saturated carbocycles. The Morgan fingerprint density at radius 1 is 1.33 bits per heavy atom. The first-order valence-electron chi connectivity index (χ1n) is 7.09. The summed E-state index contributed by atoms with van der Waals surface area (Å²) < 4.78 is 0. The number of carboxylic acids is 1. The van der Waals surface area contributed by atoms with Crippen LogP contribution in [0.15, 0.2) is 30.3 Å². The molecular formula is C16H20N2O3. The number of aliphatic hydroxyl groups excluding tert-OH is 1. The Morgan fingerprint density at radius 2 is 2.14 bits per heavy atom. The Bertz CT molecular complexity index is 628. The van der Waals surface area contributed by atoms with E-state index in [1.807, 2.05) is 6.92 Å². The van der Waals surface area contributed by atoms with Crippen molar-refractivity contribution in [3.05, 3.63) is 35.9 Å². The number of fused-ring (bicyclic) bond motifs is 1.